The maximum atomic E-state index is 14.0. The van der Waals surface area contributed by atoms with Crippen LogP contribution < -0.4 is 5.32 Å². The Kier molecular flexibility index (Phi) is 6.14. The standard InChI is InChI=1S/C17H18F4N4O4/c1-5-28-14(26)9-8-22-25(12(9)17(19,20)21)11-7-6-10(18)13(23-11)24-15(27)29-16(2,3)4/h6-8H,5H2,1-4H3,(H,23,24,27). The molecule has 1 amide bonds. The van der Waals surface area contributed by atoms with Crippen molar-refractivity contribution in [3.05, 3.63) is 35.4 Å². The molecule has 1 N–H and O–H groups in total. The molecule has 2 aromatic heterocycles. The number of aromatic nitrogens is 3. The van der Waals surface area contributed by atoms with Crippen molar-refractivity contribution in [1.29, 1.82) is 0 Å². The van der Waals surface area contributed by atoms with Crippen LogP contribution >= 0.6 is 0 Å². The third-order valence-electron chi connectivity index (χ3n) is 3.20. The molecule has 158 valence electrons. The van der Waals surface area contributed by atoms with Gasteiger partial charge in [-0.05, 0) is 39.8 Å². The molecule has 0 unspecified atom stereocenters. The highest BCUT2D eigenvalue weighted by Crippen LogP contribution is 2.34. The molecule has 0 spiro atoms. The summed E-state index contributed by atoms with van der Waals surface area (Å²) >= 11 is 0. The molecule has 0 bridgehead atoms. The maximum Gasteiger partial charge on any atom is 0.434 e. The SMILES string of the molecule is CCOC(=O)c1cnn(-c2ccc(F)c(NC(=O)OC(C)(C)C)n2)c1C(F)(F)F. The van der Waals surface area contributed by atoms with E-state index in [4.69, 9.17) is 4.74 Å². The number of hydrogen-bond donors (Lipinski definition) is 1. The van der Waals surface area contributed by atoms with Crippen LogP contribution in [0.25, 0.3) is 5.82 Å². The lowest BCUT2D eigenvalue weighted by Crippen LogP contribution is -2.28. The van der Waals surface area contributed by atoms with Gasteiger partial charge in [-0.1, -0.05) is 0 Å². The number of ether oxygens (including phenoxy) is 2. The van der Waals surface area contributed by atoms with Crippen LogP contribution in [0.4, 0.5) is 28.2 Å². The molecule has 0 saturated carbocycles. The average Bonchev–Trinajstić information content (AvgIpc) is 3.01. The molecular weight excluding hydrogens is 400 g/mol. The van der Waals surface area contributed by atoms with Gasteiger partial charge in [0, 0.05) is 0 Å². The lowest BCUT2D eigenvalue weighted by atomic mass is 10.2. The topological polar surface area (TPSA) is 95.3 Å². The Morgan fingerprint density at radius 3 is 2.41 bits per heavy atom. The Morgan fingerprint density at radius 2 is 1.86 bits per heavy atom. The van der Waals surface area contributed by atoms with Crippen molar-refractivity contribution in [2.45, 2.75) is 39.5 Å². The molecule has 0 aliphatic heterocycles. The minimum atomic E-state index is -4.99. The largest absolute Gasteiger partial charge is 0.462 e. The second kappa shape index (κ2) is 8.05. The molecular formula is C17H18F4N4O4. The zero-order valence-corrected chi connectivity index (χ0v) is 15.9. The van der Waals surface area contributed by atoms with E-state index in [-0.39, 0.29) is 6.61 Å². The third-order valence-corrected chi connectivity index (χ3v) is 3.20. The summed E-state index contributed by atoms with van der Waals surface area (Å²) in [4.78, 5) is 27.3. The Balaban J connectivity index is 2.48. The van der Waals surface area contributed by atoms with Gasteiger partial charge in [-0.25, -0.2) is 23.6 Å². The summed E-state index contributed by atoms with van der Waals surface area (Å²) in [5.74, 6) is -3.38. The smallest absolute Gasteiger partial charge is 0.434 e. The number of carbonyl (C=O) groups excluding carboxylic acids is 2. The van der Waals surface area contributed by atoms with Crippen molar-refractivity contribution < 1.29 is 36.6 Å². The Labute approximate surface area is 162 Å². The highest BCUT2D eigenvalue weighted by Gasteiger charge is 2.41. The summed E-state index contributed by atoms with van der Waals surface area (Å²) in [5, 5.41) is 5.56. The number of halogens is 4. The molecule has 0 aliphatic rings. The molecule has 2 rings (SSSR count). The second-order valence-electron chi connectivity index (χ2n) is 6.66. The van der Waals surface area contributed by atoms with Gasteiger partial charge in [0.15, 0.2) is 23.1 Å². The van der Waals surface area contributed by atoms with Crippen LogP contribution in [-0.4, -0.2) is 39.0 Å². The average molecular weight is 418 g/mol. The molecule has 29 heavy (non-hydrogen) atoms. The van der Waals surface area contributed by atoms with E-state index >= 15 is 0 Å². The Hall–Kier alpha value is -3.18. The molecule has 12 heteroatoms. The third kappa shape index (κ3) is 5.42. The first-order valence-corrected chi connectivity index (χ1v) is 8.32. The first kappa shape index (κ1) is 22.1. The molecule has 2 heterocycles. The van der Waals surface area contributed by atoms with Gasteiger partial charge in [0.2, 0.25) is 0 Å². The molecule has 0 radical (unpaired) electrons. The summed E-state index contributed by atoms with van der Waals surface area (Å²) in [6.07, 6.45) is -5.37. The van der Waals surface area contributed by atoms with Crippen LogP contribution in [0.2, 0.25) is 0 Å². The van der Waals surface area contributed by atoms with E-state index in [9.17, 15) is 27.2 Å². The molecule has 2 aromatic rings. The number of hydrogen-bond acceptors (Lipinski definition) is 6. The number of carbonyl (C=O) groups is 2. The Morgan fingerprint density at radius 1 is 1.21 bits per heavy atom. The lowest BCUT2D eigenvalue weighted by Gasteiger charge is -2.19. The van der Waals surface area contributed by atoms with Crippen molar-refractivity contribution in [2.75, 3.05) is 11.9 Å². The summed E-state index contributed by atoms with van der Waals surface area (Å²) in [7, 11) is 0. The first-order chi connectivity index (χ1) is 13.3. The zero-order chi connectivity index (χ0) is 22.0. The molecule has 0 saturated heterocycles. The fourth-order valence-corrected chi connectivity index (χ4v) is 2.19. The van der Waals surface area contributed by atoms with E-state index in [2.05, 4.69) is 14.8 Å². The van der Waals surface area contributed by atoms with E-state index < -0.39 is 52.6 Å². The number of nitrogens with zero attached hydrogens (tertiary/aromatic N) is 3. The van der Waals surface area contributed by atoms with Crippen LogP contribution in [0, 0.1) is 5.82 Å². The van der Waals surface area contributed by atoms with Crippen LogP contribution in [0.3, 0.4) is 0 Å². The van der Waals surface area contributed by atoms with E-state index in [0.29, 0.717) is 10.9 Å². The minimum absolute atomic E-state index is 0.139. The Bertz CT molecular complexity index is 919. The van der Waals surface area contributed by atoms with Crippen molar-refractivity contribution in [3.8, 4) is 5.82 Å². The van der Waals surface area contributed by atoms with E-state index in [1.54, 1.807) is 20.8 Å². The van der Waals surface area contributed by atoms with Gasteiger partial charge in [-0.3, -0.25) is 5.32 Å². The first-order valence-electron chi connectivity index (χ1n) is 8.32. The van der Waals surface area contributed by atoms with Crippen molar-refractivity contribution in [3.63, 3.8) is 0 Å². The zero-order valence-electron chi connectivity index (χ0n) is 15.9. The molecule has 0 atom stereocenters. The molecule has 8 nitrogen and oxygen atoms in total. The van der Waals surface area contributed by atoms with Gasteiger partial charge in [-0.2, -0.15) is 18.3 Å². The van der Waals surface area contributed by atoms with Gasteiger partial charge >= 0.3 is 18.2 Å². The van der Waals surface area contributed by atoms with Gasteiger partial charge < -0.3 is 9.47 Å². The number of anilines is 1. The summed E-state index contributed by atoms with van der Waals surface area (Å²) in [6, 6.07) is 1.70. The van der Waals surface area contributed by atoms with Crippen LogP contribution in [-0.2, 0) is 15.7 Å². The van der Waals surface area contributed by atoms with Crippen LogP contribution in [0.1, 0.15) is 43.7 Å². The summed E-state index contributed by atoms with van der Waals surface area (Å²) in [6.45, 7) is 6.01. The number of esters is 1. The fourth-order valence-electron chi connectivity index (χ4n) is 2.19. The van der Waals surface area contributed by atoms with Crippen molar-refractivity contribution >= 4 is 17.9 Å². The van der Waals surface area contributed by atoms with Gasteiger partial charge in [0.1, 0.15) is 11.2 Å². The number of rotatable bonds is 4. The number of nitrogens with one attached hydrogen (secondary N) is 1. The monoisotopic (exact) mass is 418 g/mol. The molecule has 0 aliphatic carbocycles. The predicted octanol–water partition coefficient (Wildman–Crippen LogP) is 3.95. The number of pyridine rings is 1. The summed E-state index contributed by atoms with van der Waals surface area (Å²) in [5.41, 5.74) is -3.16. The quantitative estimate of drug-likeness (QED) is 0.597. The lowest BCUT2D eigenvalue weighted by molar-refractivity contribution is -0.143. The fraction of sp³-hybridized carbons (Fsp3) is 0.412. The second-order valence-corrected chi connectivity index (χ2v) is 6.66. The summed E-state index contributed by atoms with van der Waals surface area (Å²) < 4.78 is 64.5. The highest BCUT2D eigenvalue weighted by molar-refractivity contribution is 5.90. The van der Waals surface area contributed by atoms with Crippen molar-refractivity contribution in [1.82, 2.24) is 14.8 Å². The van der Waals surface area contributed by atoms with Gasteiger partial charge in [-0.15, -0.1) is 0 Å². The predicted molar refractivity (Wildman–Crippen MR) is 92.1 cm³/mol. The molecule has 0 fully saturated rings. The normalized spacial score (nSPS) is 11.9. The highest BCUT2D eigenvalue weighted by atomic mass is 19.4. The van der Waals surface area contributed by atoms with Crippen LogP contribution in [0.5, 0.6) is 0 Å². The van der Waals surface area contributed by atoms with E-state index in [1.165, 1.54) is 6.92 Å². The van der Waals surface area contributed by atoms with Crippen molar-refractivity contribution in [2.24, 2.45) is 0 Å². The van der Waals surface area contributed by atoms with Crippen LogP contribution in [0.15, 0.2) is 18.3 Å². The molecule has 0 aromatic carbocycles. The number of alkyl halides is 3. The van der Waals surface area contributed by atoms with E-state index in [0.717, 1.165) is 12.1 Å². The maximum absolute atomic E-state index is 14.0. The van der Waals surface area contributed by atoms with Gasteiger partial charge in [0.05, 0.1) is 12.8 Å². The number of amides is 1. The minimum Gasteiger partial charge on any atom is -0.462 e. The van der Waals surface area contributed by atoms with Gasteiger partial charge in [0.25, 0.3) is 0 Å². The van der Waals surface area contributed by atoms with E-state index in [1.807, 2.05) is 5.32 Å².